The van der Waals surface area contributed by atoms with Crippen LogP contribution in [-0.2, 0) is 24.7 Å². The van der Waals surface area contributed by atoms with Crippen LogP contribution in [0.3, 0.4) is 0 Å². The lowest BCUT2D eigenvalue weighted by molar-refractivity contribution is -0.138. The fourth-order valence-electron chi connectivity index (χ4n) is 4.71. The summed E-state index contributed by atoms with van der Waals surface area (Å²) in [5.74, 6) is 0. The summed E-state index contributed by atoms with van der Waals surface area (Å²) in [6, 6.07) is 8.16. The number of hydrogen-bond acceptors (Lipinski definition) is 0. The van der Waals surface area contributed by atoms with Crippen LogP contribution in [0.2, 0.25) is 0 Å². The van der Waals surface area contributed by atoms with Crippen LogP contribution in [-0.4, -0.2) is 0 Å². The predicted octanol–water partition coefficient (Wildman–Crippen LogP) is 9.22. The van der Waals surface area contributed by atoms with E-state index in [4.69, 9.17) is 0 Å². The minimum absolute atomic E-state index is 0.238. The number of fused-ring (bicyclic) bond motifs is 4. The van der Waals surface area contributed by atoms with Crippen molar-refractivity contribution in [3.8, 4) is 0 Å². The third kappa shape index (κ3) is 4.79. The first kappa shape index (κ1) is 27.6. The third-order valence-corrected chi connectivity index (χ3v) is 6.55. The molecule has 0 aromatic heterocycles. The molecule has 0 radical (unpaired) electrons. The minimum atomic E-state index is -4.92. The SMILES string of the molecule is FC(F)(F)c1ccc2c(c1)=c1ccc(C(F)(F)F)cc1=c1ccc(C(F)(F)F)cc1=c1ccc(C(F)(F)F)cc1=2. The number of benzene rings is 4. The summed E-state index contributed by atoms with van der Waals surface area (Å²) in [5.41, 5.74) is -4.89. The Bertz CT molecular complexity index is 1700. The van der Waals surface area contributed by atoms with Gasteiger partial charge in [0, 0.05) is 0 Å². The van der Waals surface area contributed by atoms with Crippen LogP contribution in [0.4, 0.5) is 52.7 Å². The van der Waals surface area contributed by atoms with Gasteiger partial charge in [-0.2, -0.15) is 52.7 Å². The Morgan fingerprint density at radius 2 is 0.425 bits per heavy atom. The number of rotatable bonds is 0. The van der Waals surface area contributed by atoms with E-state index in [-0.39, 0.29) is 41.7 Å². The maximum Gasteiger partial charge on any atom is 0.416 e. The molecule has 208 valence electrons. The van der Waals surface area contributed by atoms with E-state index in [1.807, 2.05) is 0 Å². The lowest BCUT2D eigenvalue weighted by Crippen LogP contribution is -2.08. The molecule has 0 aliphatic heterocycles. The van der Waals surface area contributed by atoms with Gasteiger partial charge in [0.05, 0.1) is 22.3 Å². The highest BCUT2D eigenvalue weighted by molar-refractivity contribution is 5.37. The van der Waals surface area contributed by atoms with Crippen LogP contribution in [0.15, 0.2) is 72.8 Å². The lowest BCUT2D eigenvalue weighted by Gasteiger charge is -2.12. The fraction of sp³-hybridized carbons (Fsp3) is 0.143. The van der Waals surface area contributed by atoms with Crippen molar-refractivity contribution in [2.75, 3.05) is 0 Å². The van der Waals surface area contributed by atoms with Crippen LogP contribution in [0, 0.1) is 41.7 Å². The summed E-state index contributed by atoms with van der Waals surface area (Å²) < 4.78 is 164. The topological polar surface area (TPSA) is 0 Å². The highest BCUT2D eigenvalue weighted by Gasteiger charge is 2.33. The molecule has 0 unspecified atom stereocenters. The van der Waals surface area contributed by atoms with E-state index in [1.54, 1.807) is 0 Å². The first-order valence-corrected chi connectivity index (χ1v) is 11.2. The average molecular weight is 576 g/mol. The zero-order valence-electron chi connectivity index (χ0n) is 19.5. The third-order valence-electron chi connectivity index (χ3n) is 6.55. The van der Waals surface area contributed by atoms with E-state index in [2.05, 4.69) is 0 Å². The van der Waals surface area contributed by atoms with E-state index < -0.39 is 47.0 Å². The number of alkyl halides is 12. The fourth-order valence-corrected chi connectivity index (χ4v) is 4.71. The molecule has 1 aliphatic rings. The molecule has 0 fully saturated rings. The van der Waals surface area contributed by atoms with Crippen LogP contribution < -0.4 is 0 Å². The Morgan fingerprint density at radius 1 is 0.250 bits per heavy atom. The molecule has 0 amide bonds. The van der Waals surface area contributed by atoms with Crippen molar-refractivity contribution >= 4 is 0 Å². The van der Waals surface area contributed by atoms with Crippen molar-refractivity contribution in [1.29, 1.82) is 0 Å². The minimum Gasteiger partial charge on any atom is -0.166 e. The summed E-state index contributed by atoms with van der Waals surface area (Å²) >= 11 is 0. The van der Waals surface area contributed by atoms with E-state index >= 15 is 0 Å². The normalized spacial score (nSPS) is 13.5. The molecule has 0 N–H and O–H groups in total. The zero-order valence-corrected chi connectivity index (χ0v) is 19.5. The van der Waals surface area contributed by atoms with Gasteiger partial charge in [-0.1, -0.05) is 24.3 Å². The van der Waals surface area contributed by atoms with Gasteiger partial charge in [-0.25, -0.2) is 0 Å². The van der Waals surface area contributed by atoms with Crippen molar-refractivity contribution in [3.05, 3.63) is 137 Å². The molecule has 0 bridgehead atoms. The van der Waals surface area contributed by atoms with Crippen molar-refractivity contribution in [2.45, 2.75) is 24.7 Å². The molecule has 4 aromatic carbocycles. The Hall–Kier alpha value is -3.96. The summed E-state index contributed by atoms with van der Waals surface area (Å²) in [6.07, 6.45) is -19.7. The van der Waals surface area contributed by atoms with Gasteiger partial charge in [-0.05, 0) is 90.3 Å². The van der Waals surface area contributed by atoms with E-state index in [0.29, 0.717) is 48.5 Å². The second kappa shape index (κ2) is 8.77. The van der Waals surface area contributed by atoms with Crippen LogP contribution in [0.1, 0.15) is 22.3 Å². The molecule has 0 heterocycles. The maximum atomic E-state index is 13.6. The molecular weight excluding hydrogens is 564 g/mol. The van der Waals surface area contributed by atoms with Gasteiger partial charge in [0.15, 0.2) is 0 Å². The molecular formula is C28H12F12. The monoisotopic (exact) mass is 576 g/mol. The highest BCUT2D eigenvalue weighted by Crippen LogP contribution is 2.34. The Morgan fingerprint density at radius 3 is 0.575 bits per heavy atom. The summed E-state index contributed by atoms with van der Waals surface area (Å²) in [7, 11) is 0. The molecule has 0 saturated carbocycles. The Balaban J connectivity index is 2.27. The molecule has 0 atom stereocenters. The lowest BCUT2D eigenvalue weighted by atomic mass is 9.97. The Kier molecular flexibility index (Phi) is 6.05. The van der Waals surface area contributed by atoms with Crippen LogP contribution in [0.5, 0.6) is 0 Å². The molecule has 5 rings (SSSR count). The highest BCUT2D eigenvalue weighted by atomic mass is 19.4. The van der Waals surface area contributed by atoms with Crippen molar-refractivity contribution in [1.82, 2.24) is 0 Å². The molecule has 4 aromatic rings. The first-order valence-electron chi connectivity index (χ1n) is 11.2. The number of hydrogen-bond donors (Lipinski definition) is 0. The van der Waals surface area contributed by atoms with Crippen LogP contribution in [0.25, 0.3) is 0 Å². The van der Waals surface area contributed by atoms with E-state index in [0.717, 1.165) is 24.3 Å². The van der Waals surface area contributed by atoms with Gasteiger partial charge in [-0.3, -0.25) is 0 Å². The zero-order chi connectivity index (χ0) is 29.4. The van der Waals surface area contributed by atoms with Gasteiger partial charge < -0.3 is 0 Å². The van der Waals surface area contributed by atoms with Crippen molar-refractivity contribution < 1.29 is 52.7 Å². The quantitative estimate of drug-likeness (QED) is 0.161. The largest absolute Gasteiger partial charge is 0.416 e. The molecule has 0 saturated heterocycles. The van der Waals surface area contributed by atoms with Crippen molar-refractivity contribution in [3.63, 3.8) is 0 Å². The van der Waals surface area contributed by atoms with Gasteiger partial charge in [0.1, 0.15) is 0 Å². The average Bonchev–Trinajstić information content (AvgIpc) is 2.84. The first-order chi connectivity index (χ1) is 18.4. The molecule has 40 heavy (non-hydrogen) atoms. The summed E-state index contributed by atoms with van der Waals surface area (Å²) in [6.45, 7) is 0. The van der Waals surface area contributed by atoms with Crippen LogP contribution >= 0.6 is 0 Å². The smallest absolute Gasteiger partial charge is 0.166 e. The second-order valence-electron chi connectivity index (χ2n) is 9.03. The second-order valence-corrected chi connectivity index (χ2v) is 9.03. The van der Waals surface area contributed by atoms with Gasteiger partial charge in [0.25, 0.3) is 0 Å². The van der Waals surface area contributed by atoms with E-state index in [9.17, 15) is 52.7 Å². The molecule has 12 heteroatoms. The predicted molar refractivity (Wildman–Crippen MR) is 116 cm³/mol. The molecule has 1 aliphatic carbocycles. The Labute approximate surface area is 214 Å². The maximum absolute atomic E-state index is 13.6. The van der Waals surface area contributed by atoms with Gasteiger partial charge in [-0.15, -0.1) is 0 Å². The number of halogens is 12. The standard InChI is InChI=1S/C28H12F12/c29-25(30,31)13-1-5-17-21(9-13)18-6-2-15(27(35,36)37)11-23(18)20-8-4-16(28(38,39)40)12-24(20)19-7-3-14(10-22(17)19)26(32,33)34/h1-12H. The summed E-state index contributed by atoms with van der Waals surface area (Å²) in [4.78, 5) is 0. The van der Waals surface area contributed by atoms with E-state index in [1.165, 1.54) is 0 Å². The summed E-state index contributed by atoms with van der Waals surface area (Å²) in [5, 5.41) is -2.32. The van der Waals surface area contributed by atoms with Gasteiger partial charge >= 0.3 is 24.7 Å². The van der Waals surface area contributed by atoms with Crippen molar-refractivity contribution in [2.24, 2.45) is 0 Å². The molecule has 0 spiro atoms. The van der Waals surface area contributed by atoms with Gasteiger partial charge in [0.2, 0.25) is 0 Å². The molecule has 0 nitrogen and oxygen atoms in total.